The van der Waals surface area contributed by atoms with E-state index in [1.54, 1.807) is 35.9 Å². The van der Waals surface area contributed by atoms with Gasteiger partial charge in [0, 0.05) is 29.9 Å². The monoisotopic (exact) mass is 363 g/mol. The lowest BCUT2D eigenvalue weighted by Gasteiger charge is -2.12. The highest BCUT2D eigenvalue weighted by Gasteiger charge is 2.15. The first-order valence-electron chi connectivity index (χ1n) is 8.15. The summed E-state index contributed by atoms with van der Waals surface area (Å²) in [5, 5.41) is 7.52. The van der Waals surface area contributed by atoms with E-state index in [0.717, 1.165) is 5.69 Å². The zero-order valence-electron chi connectivity index (χ0n) is 14.6. The van der Waals surface area contributed by atoms with Crippen molar-refractivity contribution in [3.63, 3.8) is 0 Å². The average Bonchev–Trinajstić information content (AvgIpc) is 2.55. The van der Waals surface area contributed by atoms with Crippen LogP contribution in [0.15, 0.2) is 35.1 Å². The van der Waals surface area contributed by atoms with E-state index < -0.39 is 11.3 Å². The van der Waals surface area contributed by atoms with Gasteiger partial charge in [0.05, 0.1) is 11.8 Å². The van der Waals surface area contributed by atoms with Crippen molar-refractivity contribution in [3.8, 4) is 5.69 Å². The molecule has 0 saturated heterocycles. The highest BCUT2D eigenvalue weighted by Crippen LogP contribution is 2.13. The maximum atomic E-state index is 12.3. The van der Waals surface area contributed by atoms with E-state index in [1.165, 1.54) is 6.07 Å². The molecule has 6 nitrogen and oxygen atoms in total. The number of halogens is 1. The standard InChI is InChI=1S/C18H22ClN3O3/c1-12(2)25-10-4-9-20-18(24)17-16(23)11-13(3)22(21-17)15-7-5-14(19)6-8-15/h5-8,11-12H,4,9-10H2,1-3H3,(H,20,24). The van der Waals surface area contributed by atoms with Crippen molar-refractivity contribution in [1.82, 2.24) is 15.1 Å². The Bertz CT molecular complexity index is 785. The van der Waals surface area contributed by atoms with E-state index in [9.17, 15) is 9.59 Å². The van der Waals surface area contributed by atoms with Gasteiger partial charge in [-0.2, -0.15) is 5.10 Å². The molecule has 7 heteroatoms. The maximum Gasteiger partial charge on any atom is 0.275 e. The predicted molar refractivity (Wildman–Crippen MR) is 97.6 cm³/mol. The fourth-order valence-corrected chi connectivity index (χ4v) is 2.35. The number of hydrogen-bond donors (Lipinski definition) is 1. The Morgan fingerprint density at radius 3 is 2.64 bits per heavy atom. The summed E-state index contributed by atoms with van der Waals surface area (Å²) in [4.78, 5) is 24.4. The first-order valence-corrected chi connectivity index (χ1v) is 8.53. The number of carbonyl (C=O) groups is 1. The van der Waals surface area contributed by atoms with Crippen LogP contribution in [0.1, 0.15) is 36.5 Å². The number of benzene rings is 1. The molecule has 0 atom stereocenters. The van der Waals surface area contributed by atoms with Crippen molar-refractivity contribution < 1.29 is 9.53 Å². The quantitative estimate of drug-likeness (QED) is 0.768. The van der Waals surface area contributed by atoms with Gasteiger partial charge in [0.2, 0.25) is 5.43 Å². The molecular weight excluding hydrogens is 342 g/mol. The van der Waals surface area contributed by atoms with Gasteiger partial charge in [0.25, 0.3) is 5.91 Å². The molecule has 134 valence electrons. The van der Waals surface area contributed by atoms with Crippen LogP contribution in [-0.2, 0) is 4.74 Å². The van der Waals surface area contributed by atoms with Crippen molar-refractivity contribution in [3.05, 3.63) is 57.0 Å². The number of aryl methyl sites for hydroxylation is 1. The van der Waals surface area contributed by atoms with E-state index in [0.29, 0.717) is 30.3 Å². The second-order valence-electron chi connectivity index (χ2n) is 5.92. The summed E-state index contributed by atoms with van der Waals surface area (Å²) >= 11 is 5.89. The molecule has 0 spiro atoms. The van der Waals surface area contributed by atoms with Gasteiger partial charge in [-0.15, -0.1) is 0 Å². The Kier molecular flexibility index (Phi) is 6.73. The van der Waals surface area contributed by atoms with Gasteiger partial charge in [-0.05, 0) is 51.5 Å². The van der Waals surface area contributed by atoms with Crippen molar-refractivity contribution >= 4 is 17.5 Å². The summed E-state index contributed by atoms with van der Waals surface area (Å²) in [6.07, 6.45) is 0.822. The fourth-order valence-electron chi connectivity index (χ4n) is 2.23. The molecule has 1 aromatic carbocycles. The van der Waals surface area contributed by atoms with Crippen LogP contribution in [0.25, 0.3) is 5.69 Å². The third-order valence-electron chi connectivity index (χ3n) is 3.45. The van der Waals surface area contributed by atoms with E-state index in [-0.39, 0.29) is 11.8 Å². The zero-order chi connectivity index (χ0) is 18.4. The molecule has 0 bridgehead atoms. The van der Waals surface area contributed by atoms with Crippen LogP contribution in [0.2, 0.25) is 5.02 Å². The molecule has 0 radical (unpaired) electrons. The molecule has 0 aliphatic rings. The minimum Gasteiger partial charge on any atom is -0.379 e. The zero-order valence-corrected chi connectivity index (χ0v) is 15.3. The van der Waals surface area contributed by atoms with Crippen LogP contribution in [0.3, 0.4) is 0 Å². The van der Waals surface area contributed by atoms with E-state index in [4.69, 9.17) is 16.3 Å². The molecule has 1 N–H and O–H groups in total. The van der Waals surface area contributed by atoms with Crippen LogP contribution in [0.4, 0.5) is 0 Å². The van der Waals surface area contributed by atoms with Crippen LogP contribution >= 0.6 is 11.6 Å². The smallest absolute Gasteiger partial charge is 0.275 e. The lowest BCUT2D eigenvalue weighted by Crippen LogP contribution is -2.33. The Morgan fingerprint density at radius 2 is 2.00 bits per heavy atom. The topological polar surface area (TPSA) is 73.2 Å². The molecule has 0 unspecified atom stereocenters. The second-order valence-corrected chi connectivity index (χ2v) is 6.35. The number of ether oxygens (including phenoxy) is 1. The Morgan fingerprint density at radius 1 is 1.32 bits per heavy atom. The predicted octanol–water partition coefficient (Wildman–Crippen LogP) is 2.74. The molecule has 2 rings (SSSR count). The fraction of sp³-hybridized carbons (Fsp3) is 0.389. The molecule has 25 heavy (non-hydrogen) atoms. The SMILES string of the molecule is Cc1cc(=O)c(C(=O)NCCCOC(C)C)nn1-c1ccc(Cl)cc1. The number of aromatic nitrogens is 2. The lowest BCUT2D eigenvalue weighted by atomic mass is 10.2. The lowest BCUT2D eigenvalue weighted by molar-refractivity contribution is 0.0756. The van der Waals surface area contributed by atoms with E-state index in [1.807, 2.05) is 13.8 Å². The van der Waals surface area contributed by atoms with Crippen LogP contribution in [-0.4, -0.2) is 34.9 Å². The highest BCUT2D eigenvalue weighted by molar-refractivity contribution is 6.30. The maximum absolute atomic E-state index is 12.3. The molecule has 1 amide bonds. The summed E-state index contributed by atoms with van der Waals surface area (Å²) in [7, 11) is 0. The number of nitrogens with one attached hydrogen (secondary N) is 1. The van der Waals surface area contributed by atoms with Crippen molar-refractivity contribution in [1.29, 1.82) is 0 Å². The minimum absolute atomic E-state index is 0.134. The van der Waals surface area contributed by atoms with Crippen molar-refractivity contribution in [2.45, 2.75) is 33.3 Å². The molecular formula is C18H22ClN3O3. The second kappa shape index (κ2) is 8.78. The minimum atomic E-state index is -0.489. The Balaban J connectivity index is 2.12. The summed E-state index contributed by atoms with van der Waals surface area (Å²) in [5.41, 5.74) is 0.819. The van der Waals surface area contributed by atoms with Gasteiger partial charge < -0.3 is 10.1 Å². The van der Waals surface area contributed by atoms with Crippen LogP contribution < -0.4 is 10.7 Å². The average molecular weight is 364 g/mol. The number of rotatable bonds is 7. The molecule has 1 heterocycles. The summed E-state index contributed by atoms with van der Waals surface area (Å²) in [5.74, 6) is -0.489. The number of carbonyl (C=O) groups excluding carboxylic acids is 1. The normalized spacial score (nSPS) is 10.9. The molecule has 1 aromatic heterocycles. The molecule has 0 aliphatic heterocycles. The molecule has 0 fully saturated rings. The van der Waals surface area contributed by atoms with Gasteiger partial charge in [-0.3, -0.25) is 9.59 Å². The first-order chi connectivity index (χ1) is 11.9. The van der Waals surface area contributed by atoms with Gasteiger partial charge in [-0.1, -0.05) is 11.6 Å². The van der Waals surface area contributed by atoms with Gasteiger partial charge in [0.15, 0.2) is 5.69 Å². The van der Waals surface area contributed by atoms with E-state index >= 15 is 0 Å². The van der Waals surface area contributed by atoms with Gasteiger partial charge in [0.1, 0.15) is 0 Å². The first kappa shape index (κ1) is 19.1. The Labute approximate surface area is 151 Å². The number of nitrogens with zero attached hydrogens (tertiary/aromatic N) is 2. The van der Waals surface area contributed by atoms with Crippen LogP contribution in [0, 0.1) is 6.92 Å². The highest BCUT2D eigenvalue weighted by atomic mass is 35.5. The molecule has 0 aliphatic carbocycles. The largest absolute Gasteiger partial charge is 0.379 e. The molecule has 2 aromatic rings. The van der Waals surface area contributed by atoms with E-state index in [2.05, 4.69) is 10.4 Å². The Hall–Kier alpha value is -2.18. The summed E-state index contributed by atoms with van der Waals surface area (Å²) in [6, 6.07) is 8.41. The van der Waals surface area contributed by atoms with Gasteiger partial charge in [-0.25, -0.2) is 4.68 Å². The van der Waals surface area contributed by atoms with Gasteiger partial charge >= 0.3 is 0 Å². The summed E-state index contributed by atoms with van der Waals surface area (Å²) < 4.78 is 6.96. The number of hydrogen-bond acceptors (Lipinski definition) is 4. The number of amides is 1. The summed E-state index contributed by atoms with van der Waals surface area (Å²) in [6.45, 7) is 6.63. The van der Waals surface area contributed by atoms with Crippen LogP contribution in [0.5, 0.6) is 0 Å². The third kappa shape index (κ3) is 5.41. The van der Waals surface area contributed by atoms with Crippen molar-refractivity contribution in [2.24, 2.45) is 0 Å². The third-order valence-corrected chi connectivity index (χ3v) is 3.70. The van der Waals surface area contributed by atoms with Crippen molar-refractivity contribution in [2.75, 3.05) is 13.2 Å². The molecule has 0 saturated carbocycles.